The van der Waals surface area contributed by atoms with Crippen molar-refractivity contribution in [2.24, 2.45) is 5.92 Å². The number of hydrogen-bond donors (Lipinski definition) is 4. The van der Waals surface area contributed by atoms with Crippen LogP contribution in [0, 0.1) is 11.7 Å². The molecule has 8 nitrogen and oxygen atoms in total. The highest BCUT2D eigenvalue weighted by Crippen LogP contribution is 2.24. The molecule has 1 aromatic rings. The van der Waals surface area contributed by atoms with Gasteiger partial charge < -0.3 is 15.3 Å². The highest BCUT2D eigenvalue weighted by molar-refractivity contribution is 5.94. The number of piperidine rings is 1. The lowest BCUT2D eigenvalue weighted by Crippen LogP contribution is -2.67. The molecule has 0 radical (unpaired) electrons. The summed E-state index contributed by atoms with van der Waals surface area (Å²) < 4.78 is 14.5. The Morgan fingerprint density at radius 3 is 2.80 bits per heavy atom. The molecule has 9 heteroatoms. The van der Waals surface area contributed by atoms with Gasteiger partial charge in [0.05, 0.1) is 18.1 Å². The van der Waals surface area contributed by atoms with Crippen molar-refractivity contribution < 1.29 is 19.1 Å². The second-order valence-corrected chi connectivity index (χ2v) is 8.34. The van der Waals surface area contributed by atoms with E-state index in [1.807, 2.05) is 0 Å². The van der Waals surface area contributed by atoms with Gasteiger partial charge in [0, 0.05) is 44.8 Å². The molecular weight excluding hydrogens is 389 g/mol. The summed E-state index contributed by atoms with van der Waals surface area (Å²) in [5.41, 5.74) is 6.80. The SMILES string of the molecule is O=C1NNC(Cc2ccc(F)c(C(=O)N3CCN(CCO)CC3)c2)C2NCCCC12. The standard InChI is InChI=1S/C21H30FN5O3/c22-17-4-3-14(13-18-19-15(2-1-5-23-19)20(29)25-24-18)12-16(17)21(30)27-8-6-26(7-9-27)10-11-28/h3-4,12,15,18-19,23-24,28H,1-2,5-11,13H2,(H,25,29). The molecule has 3 heterocycles. The topological polar surface area (TPSA) is 96.9 Å². The van der Waals surface area contributed by atoms with E-state index in [0.717, 1.165) is 24.9 Å². The molecule has 30 heavy (non-hydrogen) atoms. The first-order valence-corrected chi connectivity index (χ1v) is 10.8. The number of carbonyl (C=O) groups is 2. The number of carbonyl (C=O) groups excluding carboxylic acids is 2. The third-order valence-electron chi connectivity index (χ3n) is 6.45. The Bertz CT molecular complexity index is 784. The van der Waals surface area contributed by atoms with Gasteiger partial charge >= 0.3 is 0 Å². The zero-order valence-corrected chi connectivity index (χ0v) is 17.1. The lowest BCUT2D eigenvalue weighted by molar-refractivity contribution is -0.131. The normalized spacial score (nSPS) is 27.5. The van der Waals surface area contributed by atoms with E-state index >= 15 is 0 Å². The summed E-state index contributed by atoms with van der Waals surface area (Å²) in [5.74, 6) is -0.864. The van der Waals surface area contributed by atoms with Crippen LogP contribution >= 0.6 is 0 Å². The number of fused-ring (bicyclic) bond motifs is 1. The predicted octanol–water partition coefficient (Wildman–Crippen LogP) is -0.510. The van der Waals surface area contributed by atoms with E-state index < -0.39 is 5.82 Å². The molecule has 3 aliphatic rings. The molecule has 0 aliphatic carbocycles. The number of nitrogens with zero attached hydrogens (tertiary/aromatic N) is 2. The maximum atomic E-state index is 14.5. The third-order valence-corrected chi connectivity index (χ3v) is 6.45. The van der Waals surface area contributed by atoms with Crippen LogP contribution in [0.5, 0.6) is 0 Å². The number of piperazine rings is 1. The summed E-state index contributed by atoms with van der Waals surface area (Å²) in [4.78, 5) is 28.8. The van der Waals surface area contributed by atoms with Gasteiger partial charge in [-0.25, -0.2) is 9.82 Å². The monoisotopic (exact) mass is 419 g/mol. The number of benzene rings is 1. The number of β-amino-alcohol motifs (C(OH)–C–C–N with tert-alkyl or cyclic N) is 1. The molecule has 3 saturated heterocycles. The molecule has 2 amide bonds. The Hall–Kier alpha value is -2.07. The lowest BCUT2D eigenvalue weighted by Gasteiger charge is -2.41. The van der Waals surface area contributed by atoms with Crippen LogP contribution in [-0.4, -0.2) is 84.7 Å². The van der Waals surface area contributed by atoms with Crippen molar-refractivity contribution in [3.05, 3.63) is 35.1 Å². The second-order valence-electron chi connectivity index (χ2n) is 8.34. The van der Waals surface area contributed by atoms with Crippen molar-refractivity contribution in [2.75, 3.05) is 45.9 Å². The number of hydrogen-bond acceptors (Lipinski definition) is 6. The van der Waals surface area contributed by atoms with Crippen molar-refractivity contribution in [1.29, 1.82) is 0 Å². The first kappa shape index (κ1) is 21.2. The van der Waals surface area contributed by atoms with E-state index in [1.165, 1.54) is 6.07 Å². The van der Waals surface area contributed by atoms with Crippen LogP contribution in [0.15, 0.2) is 18.2 Å². The van der Waals surface area contributed by atoms with E-state index in [2.05, 4.69) is 21.1 Å². The van der Waals surface area contributed by atoms with Gasteiger partial charge in [-0.15, -0.1) is 0 Å². The average molecular weight is 420 g/mol. The molecule has 4 rings (SSSR count). The molecular formula is C21H30FN5O3. The summed E-state index contributed by atoms with van der Waals surface area (Å²) in [7, 11) is 0. The van der Waals surface area contributed by atoms with Crippen LogP contribution in [0.25, 0.3) is 0 Å². The number of amides is 2. The van der Waals surface area contributed by atoms with E-state index in [1.54, 1.807) is 17.0 Å². The Balaban J connectivity index is 1.44. The Labute approximate surface area is 175 Å². The summed E-state index contributed by atoms with van der Waals surface area (Å²) >= 11 is 0. The van der Waals surface area contributed by atoms with Crippen molar-refractivity contribution in [2.45, 2.75) is 31.3 Å². The minimum Gasteiger partial charge on any atom is -0.395 e. The number of aliphatic hydroxyl groups excluding tert-OH is 1. The fourth-order valence-corrected chi connectivity index (χ4v) is 4.76. The van der Waals surface area contributed by atoms with Gasteiger partial charge in [0.15, 0.2) is 0 Å². The quantitative estimate of drug-likeness (QED) is 0.514. The number of hydrazine groups is 1. The first-order valence-electron chi connectivity index (χ1n) is 10.8. The van der Waals surface area contributed by atoms with Crippen LogP contribution in [0.3, 0.4) is 0 Å². The maximum absolute atomic E-state index is 14.5. The van der Waals surface area contributed by atoms with Gasteiger partial charge in [-0.2, -0.15) is 0 Å². The number of rotatable bonds is 5. The summed E-state index contributed by atoms with van der Waals surface area (Å²) in [6, 6.07) is 4.71. The Morgan fingerprint density at radius 2 is 2.03 bits per heavy atom. The van der Waals surface area contributed by atoms with Crippen molar-refractivity contribution in [3.63, 3.8) is 0 Å². The average Bonchev–Trinajstić information content (AvgIpc) is 2.77. The number of nitrogens with one attached hydrogen (secondary N) is 3. The van der Waals surface area contributed by atoms with E-state index in [9.17, 15) is 14.0 Å². The van der Waals surface area contributed by atoms with Crippen LogP contribution in [0.4, 0.5) is 4.39 Å². The Kier molecular flexibility index (Phi) is 6.62. The predicted molar refractivity (Wildman–Crippen MR) is 109 cm³/mol. The number of aliphatic hydroxyl groups is 1. The Morgan fingerprint density at radius 1 is 1.23 bits per heavy atom. The molecule has 4 N–H and O–H groups in total. The van der Waals surface area contributed by atoms with Gasteiger partial charge in [-0.05, 0) is 43.5 Å². The molecule has 3 fully saturated rings. The van der Waals surface area contributed by atoms with Gasteiger partial charge in [0.25, 0.3) is 5.91 Å². The summed E-state index contributed by atoms with van der Waals surface area (Å²) in [5, 5.41) is 12.5. The molecule has 0 spiro atoms. The first-order chi connectivity index (χ1) is 14.6. The molecule has 3 atom stereocenters. The third kappa shape index (κ3) is 4.49. The lowest BCUT2D eigenvalue weighted by atomic mass is 9.82. The van der Waals surface area contributed by atoms with E-state index in [4.69, 9.17) is 5.11 Å². The van der Waals surface area contributed by atoms with Gasteiger partial charge in [-0.1, -0.05) is 6.07 Å². The van der Waals surface area contributed by atoms with Crippen LogP contribution < -0.4 is 16.2 Å². The molecule has 3 unspecified atom stereocenters. The van der Waals surface area contributed by atoms with Crippen molar-refractivity contribution in [1.82, 2.24) is 26.0 Å². The van der Waals surface area contributed by atoms with Crippen LogP contribution in [-0.2, 0) is 11.2 Å². The molecule has 0 aromatic heterocycles. The van der Waals surface area contributed by atoms with Crippen molar-refractivity contribution in [3.8, 4) is 0 Å². The summed E-state index contributed by atoms with van der Waals surface area (Å²) in [6.45, 7) is 3.95. The smallest absolute Gasteiger partial charge is 0.256 e. The highest BCUT2D eigenvalue weighted by atomic mass is 19.1. The minimum atomic E-state index is -0.514. The fraction of sp³-hybridized carbons (Fsp3) is 0.619. The molecule has 0 bridgehead atoms. The van der Waals surface area contributed by atoms with Crippen molar-refractivity contribution >= 4 is 11.8 Å². The van der Waals surface area contributed by atoms with Crippen LogP contribution in [0.1, 0.15) is 28.8 Å². The largest absolute Gasteiger partial charge is 0.395 e. The molecule has 0 saturated carbocycles. The van der Waals surface area contributed by atoms with E-state index in [0.29, 0.717) is 39.1 Å². The van der Waals surface area contributed by atoms with Gasteiger partial charge in [0.1, 0.15) is 5.82 Å². The minimum absolute atomic E-state index is 0.0127. The van der Waals surface area contributed by atoms with Crippen LogP contribution in [0.2, 0.25) is 0 Å². The van der Waals surface area contributed by atoms with Gasteiger partial charge in [0.2, 0.25) is 5.91 Å². The highest BCUT2D eigenvalue weighted by Gasteiger charge is 2.40. The second kappa shape index (κ2) is 9.38. The van der Waals surface area contributed by atoms with Gasteiger partial charge in [-0.3, -0.25) is 19.9 Å². The summed E-state index contributed by atoms with van der Waals surface area (Å²) in [6.07, 6.45) is 2.42. The fourth-order valence-electron chi connectivity index (χ4n) is 4.76. The number of halogens is 1. The zero-order valence-electron chi connectivity index (χ0n) is 17.1. The zero-order chi connectivity index (χ0) is 21.1. The molecule has 1 aromatic carbocycles. The molecule has 164 valence electrons. The molecule has 3 aliphatic heterocycles. The maximum Gasteiger partial charge on any atom is 0.256 e. The van der Waals surface area contributed by atoms with E-state index in [-0.39, 0.29) is 42.0 Å².